The van der Waals surface area contributed by atoms with E-state index in [2.05, 4.69) is 31.3 Å². The Morgan fingerprint density at radius 2 is 1.59 bits per heavy atom. The summed E-state index contributed by atoms with van der Waals surface area (Å²) < 4.78 is 9.43. The van der Waals surface area contributed by atoms with Crippen LogP contribution in [0.25, 0.3) is 0 Å². The molecule has 0 unspecified atom stereocenters. The Labute approximate surface area is 316 Å². The number of rotatable bonds is 9. The van der Waals surface area contributed by atoms with Gasteiger partial charge in [-0.05, 0) is 94.5 Å². The topological polar surface area (TPSA) is 134 Å². The number of fused-ring (bicyclic) bond motifs is 2. The molecule has 13 nitrogen and oxygen atoms in total. The summed E-state index contributed by atoms with van der Waals surface area (Å²) in [7, 11) is 3.52. The first-order valence-electron chi connectivity index (χ1n) is 18.7. The van der Waals surface area contributed by atoms with Crippen molar-refractivity contribution in [1.29, 1.82) is 0 Å². The van der Waals surface area contributed by atoms with Crippen molar-refractivity contribution in [3.8, 4) is 0 Å². The van der Waals surface area contributed by atoms with E-state index in [-0.39, 0.29) is 35.4 Å². The summed E-state index contributed by atoms with van der Waals surface area (Å²) >= 11 is 0. The van der Waals surface area contributed by atoms with Crippen LogP contribution < -0.4 is 10.6 Å². The fraction of sp³-hybridized carbons (Fsp3) is 0.439. The maximum atomic E-state index is 13.5. The van der Waals surface area contributed by atoms with Crippen LogP contribution in [0.4, 0.5) is 10.5 Å². The number of hydrogen-bond acceptors (Lipinski definition) is 7. The zero-order valence-electron chi connectivity index (χ0n) is 32.0. The number of aromatic nitrogens is 3. The summed E-state index contributed by atoms with van der Waals surface area (Å²) in [6.07, 6.45) is 4.46. The molecule has 4 amide bonds. The van der Waals surface area contributed by atoms with E-state index in [0.29, 0.717) is 42.1 Å². The third-order valence-electron chi connectivity index (χ3n) is 10.9. The van der Waals surface area contributed by atoms with Gasteiger partial charge in [-0.2, -0.15) is 5.10 Å². The number of hydrogen-bond donors (Lipinski definition) is 2. The Bertz CT molecular complexity index is 2050. The van der Waals surface area contributed by atoms with E-state index >= 15 is 0 Å². The molecule has 0 bridgehead atoms. The second kappa shape index (κ2) is 14.4. The molecule has 0 atom stereocenters. The molecule has 2 aliphatic heterocycles. The Kier molecular flexibility index (Phi) is 9.86. The molecule has 13 heteroatoms. The summed E-state index contributed by atoms with van der Waals surface area (Å²) in [5, 5.41) is 10.5. The first-order chi connectivity index (χ1) is 25.7. The highest BCUT2D eigenvalue weighted by Crippen LogP contribution is 2.49. The van der Waals surface area contributed by atoms with Crippen molar-refractivity contribution in [2.75, 3.05) is 39.0 Å². The van der Waals surface area contributed by atoms with Crippen LogP contribution in [0.3, 0.4) is 0 Å². The van der Waals surface area contributed by atoms with E-state index in [0.717, 1.165) is 50.2 Å². The minimum absolute atomic E-state index is 0.00301. The number of ether oxygens (including phenoxy) is 1. The highest BCUT2D eigenvalue weighted by molar-refractivity contribution is 6.05. The third-order valence-corrected chi connectivity index (χ3v) is 10.9. The standard InChI is InChI=1S/C41H50N8O5/c1-27-33(23-43-49(27)32-25-46(26-32)39(53)54-40(2,3)4)36(50)44-31-14-10-28(11-15-31)22-42-37(51)34-16-17-35-41(18-7-19-41)47(20-21-48(34)35)24-29-8-12-30(13-9-29)38(52)45(5)6/h8-17,23,32H,7,18-22,24-26H2,1-6H3,(H,42,51)(H,44,50). The largest absolute Gasteiger partial charge is 0.444 e. The van der Waals surface area contributed by atoms with Gasteiger partial charge in [0.1, 0.15) is 11.3 Å². The van der Waals surface area contributed by atoms with Crippen LogP contribution in [0.1, 0.15) is 99.8 Å². The number of amides is 4. The van der Waals surface area contributed by atoms with E-state index in [9.17, 15) is 19.2 Å². The van der Waals surface area contributed by atoms with E-state index in [1.807, 2.05) is 82.3 Å². The average Bonchev–Trinajstić information content (AvgIpc) is 3.69. The molecule has 7 rings (SSSR count). The van der Waals surface area contributed by atoms with Crippen molar-refractivity contribution in [3.63, 3.8) is 0 Å². The number of anilines is 1. The highest BCUT2D eigenvalue weighted by Gasteiger charge is 2.48. The molecule has 1 aliphatic carbocycles. The summed E-state index contributed by atoms with van der Waals surface area (Å²) in [6.45, 7) is 11.0. The molecule has 1 saturated carbocycles. The number of likely N-dealkylation sites (tertiary alicyclic amines) is 1. The second-order valence-electron chi connectivity index (χ2n) is 15.9. The Morgan fingerprint density at radius 1 is 0.907 bits per heavy atom. The highest BCUT2D eigenvalue weighted by atomic mass is 16.6. The van der Waals surface area contributed by atoms with Crippen LogP contribution >= 0.6 is 0 Å². The lowest BCUT2D eigenvalue weighted by atomic mass is 9.71. The van der Waals surface area contributed by atoms with Crippen LogP contribution in [0.15, 0.2) is 66.9 Å². The van der Waals surface area contributed by atoms with Gasteiger partial charge < -0.3 is 29.7 Å². The molecule has 2 fully saturated rings. The van der Waals surface area contributed by atoms with E-state index in [1.165, 1.54) is 11.3 Å². The summed E-state index contributed by atoms with van der Waals surface area (Å²) in [5.74, 6) is -0.383. The van der Waals surface area contributed by atoms with Gasteiger partial charge in [0.2, 0.25) is 0 Å². The molecule has 2 N–H and O–H groups in total. The zero-order chi connectivity index (χ0) is 38.4. The lowest BCUT2D eigenvalue weighted by Gasteiger charge is -2.53. The monoisotopic (exact) mass is 734 g/mol. The normalized spacial score (nSPS) is 16.6. The van der Waals surface area contributed by atoms with Gasteiger partial charge in [-0.25, -0.2) is 4.79 Å². The Morgan fingerprint density at radius 3 is 2.22 bits per heavy atom. The van der Waals surface area contributed by atoms with Gasteiger partial charge in [0.15, 0.2) is 0 Å². The van der Waals surface area contributed by atoms with Gasteiger partial charge in [-0.3, -0.25) is 24.0 Å². The fourth-order valence-corrected chi connectivity index (χ4v) is 7.73. The molecule has 4 heterocycles. The molecule has 1 saturated heterocycles. The van der Waals surface area contributed by atoms with Crippen molar-refractivity contribution in [2.24, 2.45) is 0 Å². The third kappa shape index (κ3) is 7.24. The van der Waals surface area contributed by atoms with E-state index in [1.54, 1.807) is 34.8 Å². The molecule has 3 aliphatic rings. The predicted molar refractivity (Wildman–Crippen MR) is 204 cm³/mol. The van der Waals surface area contributed by atoms with Crippen molar-refractivity contribution >= 4 is 29.5 Å². The molecule has 284 valence electrons. The first kappa shape index (κ1) is 36.9. The van der Waals surface area contributed by atoms with E-state index < -0.39 is 5.60 Å². The van der Waals surface area contributed by atoms with Crippen molar-refractivity contribution in [2.45, 2.75) is 83.8 Å². The van der Waals surface area contributed by atoms with E-state index in [4.69, 9.17) is 4.74 Å². The van der Waals surface area contributed by atoms with Gasteiger partial charge in [-0.15, -0.1) is 0 Å². The minimum Gasteiger partial charge on any atom is -0.444 e. The minimum atomic E-state index is -0.555. The summed E-state index contributed by atoms with van der Waals surface area (Å²) in [4.78, 5) is 57.1. The number of carbonyl (C=O) groups is 4. The molecular weight excluding hydrogens is 685 g/mol. The summed E-state index contributed by atoms with van der Waals surface area (Å²) in [5.41, 5.74) is 5.82. The average molecular weight is 735 g/mol. The van der Waals surface area contributed by atoms with Crippen LogP contribution in [0, 0.1) is 6.92 Å². The van der Waals surface area contributed by atoms with Crippen molar-refractivity contribution < 1.29 is 23.9 Å². The SMILES string of the molecule is Cc1c(C(=O)Nc2ccc(CNC(=O)c3ccc4n3CCN(Cc3ccc(C(=O)N(C)C)cc3)C43CCC3)cc2)cnn1C1CN(C(=O)OC(C)(C)C)C1. The predicted octanol–water partition coefficient (Wildman–Crippen LogP) is 5.56. The number of benzene rings is 2. The van der Waals surface area contributed by atoms with Gasteiger partial charge >= 0.3 is 6.09 Å². The number of carbonyl (C=O) groups excluding carboxylic acids is 4. The van der Waals surface area contributed by atoms with Crippen molar-refractivity contribution in [3.05, 3.63) is 106 Å². The maximum Gasteiger partial charge on any atom is 0.410 e. The Hall–Kier alpha value is -5.43. The van der Waals surface area contributed by atoms with Crippen molar-refractivity contribution in [1.82, 2.24) is 34.4 Å². The molecule has 0 radical (unpaired) electrons. The first-order valence-corrected chi connectivity index (χ1v) is 18.7. The summed E-state index contributed by atoms with van der Waals surface area (Å²) in [6, 6.07) is 19.4. The zero-order valence-corrected chi connectivity index (χ0v) is 32.0. The van der Waals surface area contributed by atoms with Crippen LogP contribution in [0.2, 0.25) is 0 Å². The molecule has 1 spiro atoms. The van der Waals surface area contributed by atoms with Gasteiger partial charge in [0, 0.05) is 76.0 Å². The Balaban J connectivity index is 0.921. The lowest BCUT2D eigenvalue weighted by molar-refractivity contribution is -0.0217. The molecule has 54 heavy (non-hydrogen) atoms. The van der Waals surface area contributed by atoms with Gasteiger partial charge in [0.25, 0.3) is 17.7 Å². The van der Waals surface area contributed by atoms with Gasteiger partial charge in [0.05, 0.1) is 23.3 Å². The van der Waals surface area contributed by atoms with Crippen LogP contribution in [-0.4, -0.2) is 92.2 Å². The lowest BCUT2D eigenvalue weighted by Crippen LogP contribution is -2.56. The maximum absolute atomic E-state index is 13.5. The van der Waals surface area contributed by atoms with Crippen LogP contribution in [0.5, 0.6) is 0 Å². The van der Waals surface area contributed by atoms with Gasteiger partial charge in [-0.1, -0.05) is 24.3 Å². The second-order valence-corrected chi connectivity index (χ2v) is 15.9. The fourth-order valence-electron chi connectivity index (χ4n) is 7.73. The quantitative estimate of drug-likeness (QED) is 0.230. The van der Waals surface area contributed by atoms with Crippen LogP contribution in [-0.2, 0) is 29.9 Å². The smallest absolute Gasteiger partial charge is 0.410 e. The number of nitrogens with zero attached hydrogens (tertiary/aromatic N) is 6. The molecular formula is C41H50N8O5. The molecule has 2 aromatic heterocycles. The molecule has 2 aromatic carbocycles. The number of nitrogens with one attached hydrogen (secondary N) is 2. The molecule has 4 aromatic rings.